The number of nitro groups is 1. The lowest BCUT2D eigenvalue weighted by atomic mass is 10.1. The number of carbonyl (C=O) groups is 3. The van der Waals surface area contributed by atoms with Gasteiger partial charge in [0.1, 0.15) is 0 Å². The third kappa shape index (κ3) is 5.83. The van der Waals surface area contributed by atoms with Crippen LogP contribution in [-0.4, -0.2) is 32.2 Å². The molecule has 0 aliphatic carbocycles. The maximum Gasteiger partial charge on any atom is 0.290 e. The Hall–Kier alpha value is -3.55. The molecule has 13 heteroatoms. The number of nitrogens with zero attached hydrogens (tertiary/aromatic N) is 3. The Morgan fingerprint density at radius 3 is 2.48 bits per heavy atom. The standard InChI is InChI=1S/C20H13N5O5S3/c26-16(13-5-1-11(2-6-13)9-15-17(27)22-19(28)32-15)21-18-23-24-20(33-18)31-10-12-3-7-14(8-4-12)25(29)30/h1-9H,10H2,(H,21,23,26)(H,22,27,28)/b15-9+. The monoisotopic (exact) mass is 499 g/mol. The van der Waals surface area contributed by atoms with Crippen LogP contribution < -0.4 is 10.6 Å². The summed E-state index contributed by atoms with van der Waals surface area (Å²) in [7, 11) is 0. The molecule has 0 saturated carbocycles. The zero-order valence-corrected chi connectivity index (χ0v) is 19.0. The number of anilines is 1. The summed E-state index contributed by atoms with van der Waals surface area (Å²) in [6.07, 6.45) is 1.58. The van der Waals surface area contributed by atoms with E-state index in [1.54, 1.807) is 42.5 Å². The first-order valence-corrected chi connectivity index (χ1v) is 11.8. The number of amides is 3. The van der Waals surface area contributed by atoms with Crippen molar-refractivity contribution in [1.29, 1.82) is 0 Å². The molecule has 0 bridgehead atoms. The van der Waals surface area contributed by atoms with Gasteiger partial charge in [-0.1, -0.05) is 47.4 Å². The first-order chi connectivity index (χ1) is 15.9. The van der Waals surface area contributed by atoms with E-state index in [9.17, 15) is 24.5 Å². The molecular formula is C20H13N5O5S3. The van der Waals surface area contributed by atoms with Gasteiger partial charge in [0.25, 0.3) is 22.7 Å². The Balaban J connectivity index is 1.32. The minimum atomic E-state index is -0.448. The number of nitrogens with one attached hydrogen (secondary N) is 2. The van der Waals surface area contributed by atoms with Crippen molar-refractivity contribution in [3.63, 3.8) is 0 Å². The van der Waals surface area contributed by atoms with E-state index in [2.05, 4.69) is 20.8 Å². The van der Waals surface area contributed by atoms with Gasteiger partial charge in [0.15, 0.2) is 4.34 Å². The summed E-state index contributed by atoms with van der Waals surface area (Å²) in [6.45, 7) is 0. The van der Waals surface area contributed by atoms with Crippen LogP contribution in [-0.2, 0) is 10.5 Å². The Labute approximate surface area is 199 Å². The van der Waals surface area contributed by atoms with Gasteiger partial charge in [0, 0.05) is 23.4 Å². The van der Waals surface area contributed by atoms with Crippen LogP contribution in [0.3, 0.4) is 0 Å². The number of aromatic nitrogens is 2. The van der Waals surface area contributed by atoms with Crippen molar-refractivity contribution in [2.75, 3.05) is 5.32 Å². The summed E-state index contributed by atoms with van der Waals surface area (Å²) in [4.78, 5) is 45.9. The largest absolute Gasteiger partial charge is 0.296 e. The highest BCUT2D eigenvalue weighted by atomic mass is 32.2. The Morgan fingerprint density at radius 2 is 1.85 bits per heavy atom. The summed E-state index contributed by atoms with van der Waals surface area (Å²) >= 11 is 3.45. The van der Waals surface area contributed by atoms with Crippen LogP contribution >= 0.6 is 34.9 Å². The minimum absolute atomic E-state index is 0.0346. The van der Waals surface area contributed by atoms with Crippen molar-refractivity contribution in [2.24, 2.45) is 0 Å². The van der Waals surface area contributed by atoms with Crippen molar-refractivity contribution in [2.45, 2.75) is 10.1 Å². The van der Waals surface area contributed by atoms with Crippen LogP contribution in [0.4, 0.5) is 15.6 Å². The van der Waals surface area contributed by atoms with Crippen LogP contribution in [0.15, 0.2) is 57.8 Å². The lowest BCUT2D eigenvalue weighted by Crippen LogP contribution is -2.17. The third-order valence-electron chi connectivity index (χ3n) is 4.25. The van der Waals surface area contributed by atoms with E-state index in [-0.39, 0.29) is 11.6 Å². The summed E-state index contributed by atoms with van der Waals surface area (Å²) in [5.41, 5.74) is 2.01. The van der Waals surface area contributed by atoms with Crippen LogP contribution in [0.1, 0.15) is 21.5 Å². The van der Waals surface area contributed by atoms with E-state index in [0.29, 0.717) is 31.3 Å². The molecule has 2 aromatic carbocycles. The van der Waals surface area contributed by atoms with E-state index >= 15 is 0 Å². The van der Waals surface area contributed by atoms with Gasteiger partial charge in [-0.15, -0.1) is 10.2 Å². The highest BCUT2D eigenvalue weighted by molar-refractivity contribution is 8.18. The van der Waals surface area contributed by atoms with E-state index in [4.69, 9.17) is 0 Å². The molecule has 0 radical (unpaired) electrons. The lowest BCUT2D eigenvalue weighted by molar-refractivity contribution is -0.384. The maximum atomic E-state index is 12.5. The molecule has 2 heterocycles. The van der Waals surface area contributed by atoms with Gasteiger partial charge in [-0.2, -0.15) is 0 Å². The number of nitro benzene ring substituents is 1. The van der Waals surface area contributed by atoms with Gasteiger partial charge < -0.3 is 0 Å². The smallest absolute Gasteiger partial charge is 0.290 e. The molecule has 2 N–H and O–H groups in total. The highest BCUT2D eigenvalue weighted by Crippen LogP contribution is 2.29. The topological polar surface area (TPSA) is 144 Å². The molecule has 166 valence electrons. The predicted octanol–water partition coefficient (Wildman–Crippen LogP) is 4.31. The van der Waals surface area contributed by atoms with E-state index in [0.717, 1.165) is 17.3 Å². The molecule has 4 rings (SSSR count). The summed E-state index contributed by atoms with van der Waals surface area (Å²) in [6, 6.07) is 12.8. The molecule has 1 aliphatic rings. The fourth-order valence-corrected chi connectivity index (χ4v) is 5.04. The fourth-order valence-electron chi connectivity index (χ4n) is 2.65. The van der Waals surface area contributed by atoms with Gasteiger partial charge in [0.2, 0.25) is 5.13 Å². The second kappa shape index (κ2) is 9.94. The molecule has 33 heavy (non-hydrogen) atoms. The van der Waals surface area contributed by atoms with Crippen LogP contribution in [0.25, 0.3) is 6.08 Å². The zero-order valence-electron chi connectivity index (χ0n) is 16.5. The number of thioether (sulfide) groups is 2. The summed E-state index contributed by atoms with van der Waals surface area (Å²) in [5, 5.41) is 23.5. The molecule has 1 fully saturated rings. The van der Waals surface area contributed by atoms with Crippen molar-refractivity contribution in [1.82, 2.24) is 15.5 Å². The molecule has 1 aromatic heterocycles. The van der Waals surface area contributed by atoms with Crippen molar-refractivity contribution in [3.05, 3.63) is 80.2 Å². The SMILES string of the molecule is O=C1NC(=O)/C(=C\c2ccc(C(=O)Nc3nnc(SCc4ccc([N+](=O)[O-])cc4)s3)cc2)S1. The molecule has 10 nitrogen and oxygen atoms in total. The molecule has 3 aromatic rings. The van der Waals surface area contributed by atoms with Gasteiger partial charge in [0.05, 0.1) is 9.83 Å². The third-order valence-corrected chi connectivity index (χ3v) is 7.10. The van der Waals surface area contributed by atoms with Gasteiger partial charge in [-0.05, 0) is 41.1 Å². The first-order valence-electron chi connectivity index (χ1n) is 9.23. The second-order valence-corrected chi connectivity index (χ2v) is 9.73. The van der Waals surface area contributed by atoms with Gasteiger partial charge in [-0.3, -0.25) is 35.1 Å². The number of carbonyl (C=O) groups excluding carboxylic acids is 3. The number of rotatable bonds is 7. The number of hydrogen-bond acceptors (Lipinski definition) is 10. The Morgan fingerprint density at radius 1 is 1.12 bits per heavy atom. The average Bonchev–Trinajstić information content (AvgIpc) is 3.38. The van der Waals surface area contributed by atoms with Crippen molar-refractivity contribution >= 4 is 68.8 Å². The van der Waals surface area contributed by atoms with Gasteiger partial charge >= 0.3 is 0 Å². The predicted molar refractivity (Wildman–Crippen MR) is 126 cm³/mol. The Bertz CT molecular complexity index is 1270. The van der Waals surface area contributed by atoms with Crippen LogP contribution in [0.2, 0.25) is 0 Å². The number of imide groups is 1. The molecule has 1 aliphatic heterocycles. The molecule has 1 saturated heterocycles. The normalized spacial score (nSPS) is 14.4. The maximum absolute atomic E-state index is 12.5. The molecule has 0 unspecified atom stereocenters. The molecule has 0 atom stereocenters. The highest BCUT2D eigenvalue weighted by Gasteiger charge is 2.24. The van der Waals surface area contributed by atoms with Crippen LogP contribution in [0, 0.1) is 10.1 Å². The lowest BCUT2D eigenvalue weighted by Gasteiger charge is -2.02. The quantitative estimate of drug-likeness (QED) is 0.160. The molecular weight excluding hydrogens is 486 g/mol. The summed E-state index contributed by atoms with van der Waals surface area (Å²) < 4.78 is 0.646. The van der Waals surface area contributed by atoms with E-state index < -0.39 is 16.1 Å². The van der Waals surface area contributed by atoms with Crippen molar-refractivity contribution in [3.8, 4) is 0 Å². The molecule has 3 amide bonds. The minimum Gasteiger partial charge on any atom is -0.296 e. The first kappa shape index (κ1) is 22.6. The van der Waals surface area contributed by atoms with Crippen molar-refractivity contribution < 1.29 is 19.3 Å². The number of benzene rings is 2. The fraction of sp³-hybridized carbons (Fsp3) is 0.0500. The van der Waals surface area contributed by atoms with E-state index in [1.165, 1.54) is 35.2 Å². The summed E-state index contributed by atoms with van der Waals surface area (Å²) in [5.74, 6) is -0.245. The average molecular weight is 500 g/mol. The number of hydrogen-bond donors (Lipinski definition) is 2. The van der Waals surface area contributed by atoms with E-state index in [1.807, 2.05) is 0 Å². The number of non-ortho nitro benzene ring substituents is 1. The molecule has 0 spiro atoms. The Kier molecular flexibility index (Phi) is 6.82. The van der Waals surface area contributed by atoms with Gasteiger partial charge in [-0.25, -0.2) is 0 Å². The van der Waals surface area contributed by atoms with Crippen LogP contribution in [0.5, 0.6) is 0 Å². The second-order valence-electron chi connectivity index (χ2n) is 6.51. The zero-order chi connectivity index (χ0) is 23.4.